The Balaban J connectivity index is 1.84. The van der Waals surface area contributed by atoms with Crippen molar-refractivity contribution in [3.05, 3.63) is 5.82 Å². The predicted molar refractivity (Wildman–Crippen MR) is 77.6 cm³/mol. The van der Waals surface area contributed by atoms with E-state index in [4.69, 9.17) is 5.11 Å². The van der Waals surface area contributed by atoms with Crippen LogP contribution in [0.25, 0.3) is 0 Å². The number of hydrogen-bond acceptors (Lipinski definition) is 5. The number of piperidine rings is 1. The molecule has 1 aliphatic rings. The molecule has 118 valence electrons. The van der Waals surface area contributed by atoms with E-state index < -0.39 is 5.97 Å². The molecular formula is C14H25N5O2. The van der Waals surface area contributed by atoms with E-state index in [1.165, 1.54) is 0 Å². The SMILES string of the molecule is CCCCn1nnnc1CN1CCCC(CCC(=O)O)C1. The number of carboxylic acid groups (broad SMARTS) is 1. The van der Waals surface area contributed by atoms with Gasteiger partial charge in [-0.1, -0.05) is 13.3 Å². The maximum Gasteiger partial charge on any atom is 0.303 e. The fourth-order valence-corrected chi connectivity index (χ4v) is 2.88. The molecule has 2 rings (SSSR count). The number of aryl methyl sites for hydroxylation is 1. The number of carboxylic acids is 1. The highest BCUT2D eigenvalue weighted by molar-refractivity contribution is 5.66. The monoisotopic (exact) mass is 295 g/mol. The molecule has 1 saturated heterocycles. The van der Waals surface area contributed by atoms with Crippen molar-refractivity contribution < 1.29 is 9.90 Å². The van der Waals surface area contributed by atoms with Crippen molar-refractivity contribution in [3.8, 4) is 0 Å². The first-order chi connectivity index (χ1) is 10.2. The maximum atomic E-state index is 10.7. The smallest absolute Gasteiger partial charge is 0.303 e. The Bertz CT molecular complexity index is 448. The summed E-state index contributed by atoms with van der Waals surface area (Å²) in [4.78, 5) is 13.0. The zero-order valence-electron chi connectivity index (χ0n) is 12.7. The zero-order valence-corrected chi connectivity index (χ0v) is 12.7. The minimum absolute atomic E-state index is 0.271. The van der Waals surface area contributed by atoms with E-state index in [9.17, 15) is 4.79 Å². The molecule has 0 bridgehead atoms. The normalized spacial score (nSPS) is 19.8. The van der Waals surface area contributed by atoms with Crippen molar-refractivity contribution in [2.24, 2.45) is 5.92 Å². The number of carbonyl (C=O) groups is 1. The van der Waals surface area contributed by atoms with Crippen LogP contribution in [0.4, 0.5) is 0 Å². The van der Waals surface area contributed by atoms with E-state index in [0.29, 0.717) is 5.92 Å². The Kier molecular flexibility index (Phi) is 6.10. The largest absolute Gasteiger partial charge is 0.481 e. The quantitative estimate of drug-likeness (QED) is 0.783. The summed E-state index contributed by atoms with van der Waals surface area (Å²) in [6.45, 7) is 5.79. The van der Waals surface area contributed by atoms with Gasteiger partial charge in [0.05, 0.1) is 6.54 Å². The van der Waals surface area contributed by atoms with E-state index >= 15 is 0 Å². The number of tetrazole rings is 1. The highest BCUT2D eigenvalue weighted by Crippen LogP contribution is 2.22. The van der Waals surface area contributed by atoms with Gasteiger partial charge in [-0.3, -0.25) is 9.69 Å². The van der Waals surface area contributed by atoms with Gasteiger partial charge in [-0.05, 0) is 48.6 Å². The lowest BCUT2D eigenvalue weighted by Gasteiger charge is -2.32. The van der Waals surface area contributed by atoms with Crippen LogP contribution in [0, 0.1) is 5.92 Å². The number of aromatic nitrogens is 4. The third kappa shape index (κ3) is 5.08. The molecule has 1 unspecified atom stereocenters. The number of unbranched alkanes of at least 4 members (excludes halogenated alkanes) is 1. The standard InChI is InChI=1S/C14H25N5O2/c1-2-3-9-19-13(15-16-17-19)11-18-8-4-5-12(10-18)6-7-14(20)21/h12H,2-11H2,1H3,(H,20,21). The Morgan fingerprint density at radius 1 is 1.48 bits per heavy atom. The number of rotatable bonds is 8. The van der Waals surface area contributed by atoms with Crippen molar-refractivity contribution >= 4 is 5.97 Å². The lowest BCUT2D eigenvalue weighted by molar-refractivity contribution is -0.137. The molecule has 0 amide bonds. The fraction of sp³-hybridized carbons (Fsp3) is 0.857. The summed E-state index contributed by atoms with van der Waals surface area (Å²) in [6, 6.07) is 0. The van der Waals surface area contributed by atoms with Crippen molar-refractivity contribution in [1.82, 2.24) is 25.1 Å². The molecule has 1 N–H and O–H groups in total. The third-order valence-corrected chi connectivity index (χ3v) is 4.06. The molecule has 0 aromatic carbocycles. The molecule has 1 aromatic heterocycles. The van der Waals surface area contributed by atoms with Crippen LogP contribution in [0.15, 0.2) is 0 Å². The minimum Gasteiger partial charge on any atom is -0.481 e. The van der Waals surface area contributed by atoms with Crippen LogP contribution in [0.3, 0.4) is 0 Å². The molecule has 0 aliphatic carbocycles. The van der Waals surface area contributed by atoms with Gasteiger partial charge in [-0.15, -0.1) is 5.10 Å². The molecule has 7 heteroatoms. The number of likely N-dealkylation sites (tertiary alicyclic amines) is 1. The topological polar surface area (TPSA) is 84.1 Å². The van der Waals surface area contributed by atoms with Crippen LogP contribution >= 0.6 is 0 Å². The summed E-state index contributed by atoms with van der Waals surface area (Å²) in [6.07, 6.45) is 5.50. The van der Waals surface area contributed by atoms with Gasteiger partial charge >= 0.3 is 5.97 Å². The molecule has 0 saturated carbocycles. The van der Waals surface area contributed by atoms with Crippen molar-refractivity contribution in [2.75, 3.05) is 13.1 Å². The van der Waals surface area contributed by atoms with Gasteiger partial charge < -0.3 is 5.11 Å². The average molecular weight is 295 g/mol. The maximum absolute atomic E-state index is 10.7. The highest BCUT2D eigenvalue weighted by atomic mass is 16.4. The molecule has 1 fully saturated rings. The van der Waals surface area contributed by atoms with E-state index in [-0.39, 0.29) is 6.42 Å². The van der Waals surface area contributed by atoms with Crippen molar-refractivity contribution in [1.29, 1.82) is 0 Å². The Morgan fingerprint density at radius 2 is 2.33 bits per heavy atom. The Morgan fingerprint density at radius 3 is 3.10 bits per heavy atom. The molecule has 0 radical (unpaired) electrons. The van der Waals surface area contributed by atoms with Gasteiger partial charge in [-0.2, -0.15) is 0 Å². The zero-order chi connectivity index (χ0) is 15.1. The van der Waals surface area contributed by atoms with E-state index in [1.807, 2.05) is 4.68 Å². The van der Waals surface area contributed by atoms with E-state index in [1.54, 1.807) is 0 Å². The summed E-state index contributed by atoms with van der Waals surface area (Å²) in [5, 5.41) is 20.7. The highest BCUT2D eigenvalue weighted by Gasteiger charge is 2.22. The third-order valence-electron chi connectivity index (χ3n) is 4.06. The molecule has 1 aliphatic heterocycles. The number of aliphatic carboxylic acids is 1. The van der Waals surface area contributed by atoms with Crippen molar-refractivity contribution in [2.45, 2.75) is 58.5 Å². The van der Waals surface area contributed by atoms with Gasteiger partial charge in [-0.25, -0.2) is 4.68 Å². The second kappa shape index (κ2) is 8.07. The van der Waals surface area contributed by atoms with Gasteiger partial charge in [0, 0.05) is 19.5 Å². The molecule has 1 aromatic rings. The summed E-state index contributed by atoms with van der Waals surface area (Å²) >= 11 is 0. The second-order valence-electron chi connectivity index (χ2n) is 5.85. The molecule has 2 heterocycles. The molecule has 21 heavy (non-hydrogen) atoms. The molecule has 7 nitrogen and oxygen atoms in total. The Hall–Kier alpha value is -1.50. The second-order valence-corrected chi connectivity index (χ2v) is 5.85. The first-order valence-electron chi connectivity index (χ1n) is 7.88. The van der Waals surface area contributed by atoms with Gasteiger partial charge in [0.2, 0.25) is 0 Å². The first kappa shape index (κ1) is 15.9. The van der Waals surface area contributed by atoms with Gasteiger partial charge in [0.15, 0.2) is 5.82 Å². The predicted octanol–water partition coefficient (Wildman–Crippen LogP) is 1.55. The van der Waals surface area contributed by atoms with Crippen LogP contribution in [-0.4, -0.2) is 49.3 Å². The van der Waals surface area contributed by atoms with Crippen LogP contribution < -0.4 is 0 Å². The number of hydrogen-bond donors (Lipinski definition) is 1. The first-order valence-corrected chi connectivity index (χ1v) is 7.88. The summed E-state index contributed by atoms with van der Waals surface area (Å²) in [7, 11) is 0. The minimum atomic E-state index is -0.698. The lowest BCUT2D eigenvalue weighted by Crippen LogP contribution is -2.36. The van der Waals surface area contributed by atoms with Crippen LogP contribution in [0.1, 0.15) is 51.3 Å². The Labute approximate surface area is 125 Å². The van der Waals surface area contributed by atoms with Gasteiger partial charge in [0.25, 0.3) is 0 Å². The van der Waals surface area contributed by atoms with Crippen molar-refractivity contribution in [3.63, 3.8) is 0 Å². The van der Waals surface area contributed by atoms with E-state index in [2.05, 4.69) is 27.3 Å². The van der Waals surface area contributed by atoms with Gasteiger partial charge in [0.1, 0.15) is 0 Å². The summed E-state index contributed by atoms with van der Waals surface area (Å²) in [5.41, 5.74) is 0. The van der Waals surface area contributed by atoms with E-state index in [0.717, 1.165) is 64.1 Å². The van der Waals surface area contributed by atoms with Crippen LogP contribution in [0.2, 0.25) is 0 Å². The number of nitrogens with zero attached hydrogens (tertiary/aromatic N) is 5. The summed E-state index contributed by atoms with van der Waals surface area (Å²) < 4.78 is 1.89. The van der Waals surface area contributed by atoms with Crippen LogP contribution in [0.5, 0.6) is 0 Å². The summed E-state index contributed by atoms with van der Waals surface area (Å²) in [5.74, 6) is 0.702. The molecule has 0 spiro atoms. The lowest BCUT2D eigenvalue weighted by atomic mass is 9.93. The average Bonchev–Trinajstić information content (AvgIpc) is 2.90. The fourth-order valence-electron chi connectivity index (χ4n) is 2.88. The molecular weight excluding hydrogens is 270 g/mol. The van der Waals surface area contributed by atoms with Crippen LogP contribution in [-0.2, 0) is 17.9 Å². The molecule has 1 atom stereocenters.